The first-order chi connectivity index (χ1) is 19.2. The molecule has 0 bridgehead atoms. The van der Waals surface area contributed by atoms with Gasteiger partial charge < -0.3 is 10.1 Å². The van der Waals surface area contributed by atoms with Crippen LogP contribution in [0.25, 0.3) is 0 Å². The molecule has 1 amide bonds. The van der Waals surface area contributed by atoms with Gasteiger partial charge in [-0.2, -0.15) is 13.8 Å². The average molecular weight is 584 g/mol. The molecule has 1 spiro atoms. The van der Waals surface area contributed by atoms with Crippen molar-refractivity contribution in [2.75, 3.05) is 32.5 Å². The molecule has 2 unspecified atom stereocenters. The van der Waals surface area contributed by atoms with Crippen molar-refractivity contribution < 1.29 is 17.9 Å². The van der Waals surface area contributed by atoms with E-state index in [1.54, 1.807) is 6.07 Å². The highest BCUT2D eigenvalue weighted by Crippen LogP contribution is 2.50. The molecule has 2 heterocycles. The minimum atomic E-state index is -3.81. The van der Waals surface area contributed by atoms with Gasteiger partial charge in [0, 0.05) is 23.2 Å². The zero-order chi connectivity index (χ0) is 28.2. The molecule has 2 atom stereocenters. The minimum Gasteiger partial charge on any atom is -0.375 e. The smallest absolute Gasteiger partial charge is 0.321 e. The van der Waals surface area contributed by atoms with Crippen molar-refractivity contribution in [2.24, 2.45) is 0 Å². The van der Waals surface area contributed by atoms with E-state index in [4.69, 9.17) is 16.3 Å². The maximum absolute atomic E-state index is 14.0. The molecule has 3 aromatic rings. The number of hydrogen-bond donors (Lipinski definition) is 3. The molecule has 0 aromatic heterocycles. The Morgan fingerprint density at radius 1 is 1.02 bits per heavy atom. The summed E-state index contributed by atoms with van der Waals surface area (Å²) in [7, 11) is -3.81. The summed E-state index contributed by atoms with van der Waals surface area (Å²) in [6.07, 6.45) is 2.80. The molecule has 1 fully saturated rings. The zero-order valence-electron chi connectivity index (χ0n) is 22.6. The van der Waals surface area contributed by atoms with Crippen molar-refractivity contribution in [2.45, 2.75) is 37.5 Å². The Kier molecular flexibility index (Phi) is 8.61. The number of carbonyl (C=O) groups is 1. The predicted octanol–water partition coefficient (Wildman–Crippen LogP) is 3.65. The maximum Gasteiger partial charge on any atom is 0.321 e. The quantitative estimate of drug-likeness (QED) is 0.315. The average Bonchev–Trinajstić information content (AvgIpc) is 3.21. The number of para-hydroxylation sites is 1. The summed E-state index contributed by atoms with van der Waals surface area (Å²) >= 11 is 6.12. The molecule has 8 nitrogen and oxygen atoms in total. The molecule has 0 aliphatic carbocycles. The third kappa shape index (κ3) is 5.95. The van der Waals surface area contributed by atoms with Crippen LogP contribution in [0.3, 0.4) is 0 Å². The third-order valence-electron chi connectivity index (χ3n) is 7.96. The number of nitrogens with zero attached hydrogens (tertiary/aromatic N) is 1. The van der Waals surface area contributed by atoms with E-state index in [0.717, 1.165) is 42.6 Å². The van der Waals surface area contributed by atoms with Gasteiger partial charge in [-0.25, -0.2) is 0 Å². The summed E-state index contributed by atoms with van der Waals surface area (Å²) in [5, 5.41) is 7.29. The third-order valence-corrected chi connectivity index (χ3v) is 9.75. The predicted molar refractivity (Wildman–Crippen MR) is 158 cm³/mol. The summed E-state index contributed by atoms with van der Waals surface area (Å²) < 4.78 is 32.5. The molecule has 40 heavy (non-hydrogen) atoms. The van der Waals surface area contributed by atoms with Crippen molar-refractivity contribution in [3.63, 3.8) is 0 Å². The normalized spacial score (nSPS) is 20.6. The lowest BCUT2D eigenvalue weighted by Gasteiger charge is -2.36. The summed E-state index contributed by atoms with van der Waals surface area (Å²) in [5.74, 6) is -0.437. The van der Waals surface area contributed by atoms with Crippen LogP contribution < -0.4 is 20.1 Å². The van der Waals surface area contributed by atoms with E-state index in [9.17, 15) is 13.2 Å². The molecule has 0 saturated carbocycles. The number of piperidine rings is 1. The van der Waals surface area contributed by atoms with Gasteiger partial charge in [-0.15, -0.1) is 0 Å². The van der Waals surface area contributed by atoms with E-state index in [1.807, 2.05) is 72.8 Å². The van der Waals surface area contributed by atoms with Gasteiger partial charge in [-0.3, -0.25) is 10.1 Å². The summed E-state index contributed by atoms with van der Waals surface area (Å²) in [4.78, 5) is 14.0. The number of amides is 1. The molecule has 212 valence electrons. The first-order valence-electron chi connectivity index (χ1n) is 13.5. The van der Waals surface area contributed by atoms with Crippen LogP contribution in [-0.2, 0) is 38.1 Å². The van der Waals surface area contributed by atoms with Crippen LogP contribution in [-0.4, -0.2) is 52.9 Å². The van der Waals surface area contributed by atoms with Gasteiger partial charge in [0.15, 0.2) is 5.69 Å². The van der Waals surface area contributed by atoms with Gasteiger partial charge in [-0.05, 0) is 49.2 Å². The minimum absolute atomic E-state index is 0.0473. The zero-order valence-corrected chi connectivity index (χ0v) is 24.2. The molecule has 1 saturated heterocycles. The number of carbonyl (C=O) groups excluding carboxylic acids is 1. The molecule has 3 aromatic carbocycles. The Morgan fingerprint density at radius 3 is 2.45 bits per heavy atom. The Balaban J connectivity index is 1.42. The Morgan fingerprint density at radius 2 is 1.73 bits per heavy atom. The van der Waals surface area contributed by atoms with Gasteiger partial charge in [0.2, 0.25) is 0 Å². The van der Waals surface area contributed by atoms with Crippen molar-refractivity contribution in [3.8, 4) is 0 Å². The number of ether oxygens (including phenoxy) is 1. The molecule has 0 radical (unpaired) electrons. The number of nitrogens with one attached hydrogen (secondary N) is 3. The molecule has 2 aliphatic rings. The van der Waals surface area contributed by atoms with E-state index in [0.29, 0.717) is 17.3 Å². The second-order valence-corrected chi connectivity index (χ2v) is 13.2. The van der Waals surface area contributed by atoms with Crippen LogP contribution >= 0.6 is 11.6 Å². The van der Waals surface area contributed by atoms with Crippen molar-refractivity contribution in [1.82, 2.24) is 20.1 Å². The summed E-state index contributed by atoms with van der Waals surface area (Å²) in [6, 6.07) is 23.9. The fourth-order valence-corrected chi connectivity index (χ4v) is 7.35. The number of quaternary nitrogens is 1. The Labute approximate surface area is 241 Å². The van der Waals surface area contributed by atoms with Crippen LogP contribution in [0, 0.1) is 0 Å². The second-order valence-electron chi connectivity index (χ2n) is 10.7. The number of sulfonamides is 1. The fraction of sp³-hybridized carbons (Fsp3) is 0.367. The lowest BCUT2D eigenvalue weighted by Crippen LogP contribution is -2.68. The number of hydrogen-bond acceptors (Lipinski definition) is 6. The second kappa shape index (κ2) is 12.0. The van der Waals surface area contributed by atoms with Crippen LogP contribution in [0.4, 0.5) is 5.69 Å². The summed E-state index contributed by atoms with van der Waals surface area (Å²) in [6.45, 7) is 2.58. The number of halogens is 1. The topological polar surface area (TPSA) is 96.5 Å². The van der Waals surface area contributed by atoms with Crippen LogP contribution in [0.2, 0.25) is 5.02 Å². The van der Waals surface area contributed by atoms with Gasteiger partial charge in [0.05, 0.1) is 24.9 Å². The lowest BCUT2D eigenvalue weighted by atomic mass is 9.75. The fourth-order valence-electron chi connectivity index (χ4n) is 5.89. The number of benzene rings is 3. The largest absolute Gasteiger partial charge is 0.375 e. The molecule has 5 rings (SSSR count). The van der Waals surface area contributed by atoms with E-state index >= 15 is 0 Å². The van der Waals surface area contributed by atoms with Gasteiger partial charge in [0.25, 0.3) is 5.91 Å². The van der Waals surface area contributed by atoms with Crippen molar-refractivity contribution in [1.29, 1.82) is 0 Å². The van der Waals surface area contributed by atoms with Crippen LogP contribution in [0.15, 0.2) is 78.9 Å². The van der Waals surface area contributed by atoms with E-state index in [1.165, 1.54) is 6.26 Å². The molecular weight excluding hydrogens is 548 g/mol. The lowest BCUT2D eigenvalue weighted by molar-refractivity contribution is -0.127. The molecular formula is C30H36ClN4O4S+. The Hall–Kier alpha value is -2.79. The maximum atomic E-state index is 14.0. The van der Waals surface area contributed by atoms with Crippen LogP contribution in [0.5, 0.6) is 0 Å². The van der Waals surface area contributed by atoms with Crippen molar-refractivity contribution >= 4 is 33.2 Å². The number of rotatable bonds is 10. The molecule has 10 heteroatoms. The standard InChI is InChI=1S/C30H35ClN4O4S/c1-40(37,38)35(22-30(14-16-32-17-15-30)26-12-5-6-13-28(26)35)34-29(36)27(33-19-23-8-3-2-4-9-23)21-39-20-24-10-7-11-25(31)18-24/h2-13,18,27,32-33H,14-17,19-22H2,1H3/p+1. The van der Waals surface area contributed by atoms with Gasteiger partial charge >= 0.3 is 10.0 Å². The van der Waals surface area contributed by atoms with Gasteiger partial charge in [-0.1, -0.05) is 76.3 Å². The first kappa shape index (κ1) is 28.7. The van der Waals surface area contributed by atoms with Crippen LogP contribution in [0.1, 0.15) is 29.5 Å². The number of fused-ring (bicyclic) bond motifs is 2. The highest BCUT2D eigenvalue weighted by molar-refractivity contribution is 7.90. The van der Waals surface area contributed by atoms with E-state index < -0.39 is 26.0 Å². The monoisotopic (exact) mass is 583 g/mol. The van der Waals surface area contributed by atoms with Crippen molar-refractivity contribution in [3.05, 3.63) is 101 Å². The van der Waals surface area contributed by atoms with Gasteiger partial charge in [0.1, 0.15) is 12.6 Å². The van der Waals surface area contributed by atoms with E-state index in [2.05, 4.69) is 16.1 Å². The highest BCUT2D eigenvalue weighted by atomic mass is 35.5. The Bertz CT molecular complexity index is 1450. The molecule has 3 N–H and O–H groups in total. The van der Waals surface area contributed by atoms with E-state index in [-0.39, 0.29) is 25.2 Å². The molecule has 2 aliphatic heterocycles. The first-order valence-corrected chi connectivity index (χ1v) is 15.8. The highest BCUT2D eigenvalue weighted by Gasteiger charge is 2.60. The summed E-state index contributed by atoms with van der Waals surface area (Å²) in [5.41, 5.74) is 6.14. The SMILES string of the molecule is CS(=O)(=O)[N+]1(NC(=O)C(COCc2cccc(Cl)c2)NCc2ccccc2)CC2(CCNCC2)c2ccccc21.